The fraction of sp³-hybridized carbons (Fsp3) is 0.240. The Morgan fingerprint density at radius 2 is 1.23 bits per heavy atom. The molecule has 0 aromatic heterocycles. The van der Waals surface area contributed by atoms with Crippen LogP contribution >= 0.6 is 0 Å². The highest BCUT2D eigenvalue weighted by Gasteiger charge is 2.11. The van der Waals surface area contributed by atoms with E-state index in [4.69, 9.17) is 18.9 Å². The van der Waals surface area contributed by atoms with E-state index in [2.05, 4.69) is 0 Å². The minimum Gasteiger partial charge on any atom is -0.494 e. The molecular formula is C25H26O5. The number of rotatable bonds is 11. The third kappa shape index (κ3) is 5.54. The van der Waals surface area contributed by atoms with Crippen molar-refractivity contribution < 1.29 is 23.7 Å². The molecule has 0 fully saturated rings. The average Bonchev–Trinajstić information content (AvgIpc) is 2.81. The Kier molecular flexibility index (Phi) is 7.72. The summed E-state index contributed by atoms with van der Waals surface area (Å²) in [7, 11) is 3.21. The Labute approximate surface area is 177 Å². The summed E-state index contributed by atoms with van der Waals surface area (Å²) in [6.07, 6.45) is 1.66. The molecule has 0 spiro atoms. The van der Waals surface area contributed by atoms with Gasteiger partial charge in [-0.25, -0.2) is 0 Å². The lowest BCUT2D eigenvalue weighted by Crippen LogP contribution is -2.05. The normalized spacial score (nSPS) is 10.3. The van der Waals surface area contributed by atoms with Crippen LogP contribution in [0.1, 0.15) is 28.8 Å². The Morgan fingerprint density at radius 3 is 1.83 bits per heavy atom. The zero-order valence-corrected chi connectivity index (χ0v) is 17.3. The second-order valence-electron chi connectivity index (χ2n) is 6.62. The smallest absolute Gasteiger partial charge is 0.203 e. The molecule has 0 aliphatic rings. The van der Waals surface area contributed by atoms with Crippen molar-refractivity contribution in [3.63, 3.8) is 0 Å². The molecule has 0 N–H and O–H groups in total. The average molecular weight is 406 g/mol. The van der Waals surface area contributed by atoms with Gasteiger partial charge in [-0.2, -0.15) is 0 Å². The number of methoxy groups -OCH3 is 2. The van der Waals surface area contributed by atoms with Crippen molar-refractivity contribution in [2.45, 2.75) is 12.8 Å². The van der Waals surface area contributed by atoms with E-state index in [0.717, 1.165) is 18.6 Å². The summed E-state index contributed by atoms with van der Waals surface area (Å²) in [5.74, 6) is 2.66. The standard InChI is InChI=1S/C25H26O5/c1-27-22-11-8-12-23(28-2)25(22)30-18-7-6-17-29-21-15-13-20(14-16-21)24(26)19-9-4-3-5-10-19/h3-5,8-16H,6-7,17-18H2,1-2H3. The van der Waals surface area contributed by atoms with Crippen LogP contribution in [0.3, 0.4) is 0 Å². The first kappa shape index (κ1) is 21.2. The SMILES string of the molecule is COc1cccc(OC)c1OCCCCOc1ccc(C(=O)c2ccccc2)cc1. The number of carbonyl (C=O) groups excluding carboxylic acids is 1. The molecular weight excluding hydrogens is 380 g/mol. The van der Waals surface area contributed by atoms with E-state index in [9.17, 15) is 4.79 Å². The molecule has 3 aromatic carbocycles. The first-order valence-corrected chi connectivity index (χ1v) is 9.89. The predicted octanol–water partition coefficient (Wildman–Crippen LogP) is 5.17. The van der Waals surface area contributed by atoms with E-state index < -0.39 is 0 Å². The third-order valence-electron chi connectivity index (χ3n) is 4.59. The van der Waals surface area contributed by atoms with Gasteiger partial charge in [-0.15, -0.1) is 0 Å². The van der Waals surface area contributed by atoms with Crippen molar-refractivity contribution in [3.05, 3.63) is 83.9 Å². The fourth-order valence-electron chi connectivity index (χ4n) is 2.99. The molecule has 0 amide bonds. The van der Waals surface area contributed by atoms with Crippen molar-refractivity contribution >= 4 is 5.78 Å². The summed E-state index contributed by atoms with van der Waals surface area (Å²) in [5.41, 5.74) is 1.32. The third-order valence-corrected chi connectivity index (χ3v) is 4.59. The maximum atomic E-state index is 12.4. The van der Waals surface area contributed by atoms with Crippen LogP contribution in [0.25, 0.3) is 0 Å². The minimum absolute atomic E-state index is 0.00562. The lowest BCUT2D eigenvalue weighted by Gasteiger charge is -2.14. The van der Waals surface area contributed by atoms with Crippen LogP contribution in [0, 0.1) is 0 Å². The van der Waals surface area contributed by atoms with Gasteiger partial charge >= 0.3 is 0 Å². The number of hydrogen-bond acceptors (Lipinski definition) is 5. The van der Waals surface area contributed by atoms with Crippen LogP contribution in [-0.4, -0.2) is 33.2 Å². The number of unbranched alkanes of at least 4 members (excludes halogenated alkanes) is 1. The van der Waals surface area contributed by atoms with Crippen molar-refractivity contribution in [1.29, 1.82) is 0 Å². The maximum absolute atomic E-state index is 12.4. The fourth-order valence-corrected chi connectivity index (χ4v) is 2.99. The summed E-state index contributed by atoms with van der Waals surface area (Å²) in [6.45, 7) is 1.10. The van der Waals surface area contributed by atoms with Gasteiger partial charge in [-0.1, -0.05) is 36.4 Å². The van der Waals surface area contributed by atoms with Crippen molar-refractivity contribution in [2.24, 2.45) is 0 Å². The molecule has 0 atom stereocenters. The van der Waals surface area contributed by atoms with Crippen LogP contribution in [0.4, 0.5) is 0 Å². The quantitative estimate of drug-likeness (QED) is 0.325. The van der Waals surface area contributed by atoms with Gasteiger partial charge in [0, 0.05) is 11.1 Å². The van der Waals surface area contributed by atoms with Crippen molar-refractivity contribution in [2.75, 3.05) is 27.4 Å². The lowest BCUT2D eigenvalue weighted by molar-refractivity contribution is 0.103. The summed E-state index contributed by atoms with van der Waals surface area (Å²) >= 11 is 0. The molecule has 0 bridgehead atoms. The molecule has 3 rings (SSSR count). The molecule has 156 valence electrons. The van der Waals surface area contributed by atoms with Gasteiger partial charge in [-0.05, 0) is 49.2 Å². The molecule has 3 aromatic rings. The molecule has 0 saturated heterocycles. The first-order valence-electron chi connectivity index (χ1n) is 9.89. The predicted molar refractivity (Wildman–Crippen MR) is 116 cm³/mol. The zero-order chi connectivity index (χ0) is 21.2. The van der Waals surface area contributed by atoms with Crippen molar-refractivity contribution in [1.82, 2.24) is 0 Å². The monoisotopic (exact) mass is 406 g/mol. The molecule has 0 aliphatic carbocycles. The van der Waals surface area contributed by atoms with Crippen LogP contribution in [0.15, 0.2) is 72.8 Å². The number of para-hydroxylation sites is 1. The Hall–Kier alpha value is -3.47. The number of benzene rings is 3. The Balaban J connectivity index is 1.42. The topological polar surface area (TPSA) is 54.0 Å². The van der Waals surface area contributed by atoms with Gasteiger partial charge in [0.2, 0.25) is 5.75 Å². The van der Waals surface area contributed by atoms with Gasteiger partial charge in [0.05, 0.1) is 27.4 Å². The molecule has 0 radical (unpaired) electrons. The van der Waals surface area contributed by atoms with Crippen LogP contribution in [0.5, 0.6) is 23.0 Å². The highest BCUT2D eigenvalue weighted by Crippen LogP contribution is 2.36. The first-order chi connectivity index (χ1) is 14.7. The van der Waals surface area contributed by atoms with E-state index in [1.807, 2.05) is 60.7 Å². The number of carbonyl (C=O) groups is 1. The summed E-state index contributed by atoms with van der Waals surface area (Å²) in [4.78, 5) is 12.4. The van der Waals surface area contributed by atoms with Gasteiger partial charge < -0.3 is 18.9 Å². The van der Waals surface area contributed by atoms with E-state index in [1.165, 1.54) is 0 Å². The van der Waals surface area contributed by atoms with Crippen LogP contribution in [-0.2, 0) is 0 Å². The van der Waals surface area contributed by atoms with E-state index >= 15 is 0 Å². The second-order valence-corrected chi connectivity index (χ2v) is 6.62. The van der Waals surface area contributed by atoms with Gasteiger partial charge in [0.15, 0.2) is 17.3 Å². The van der Waals surface area contributed by atoms with E-state index in [-0.39, 0.29) is 5.78 Å². The van der Waals surface area contributed by atoms with E-state index in [0.29, 0.717) is 41.6 Å². The zero-order valence-electron chi connectivity index (χ0n) is 17.3. The van der Waals surface area contributed by atoms with Gasteiger partial charge in [0.1, 0.15) is 5.75 Å². The van der Waals surface area contributed by atoms with Gasteiger partial charge in [0.25, 0.3) is 0 Å². The van der Waals surface area contributed by atoms with E-state index in [1.54, 1.807) is 26.4 Å². The summed E-state index contributed by atoms with van der Waals surface area (Å²) < 4.78 is 22.3. The molecule has 0 unspecified atom stereocenters. The molecule has 0 heterocycles. The molecule has 30 heavy (non-hydrogen) atoms. The molecule has 5 nitrogen and oxygen atoms in total. The maximum Gasteiger partial charge on any atom is 0.203 e. The molecule has 0 aliphatic heterocycles. The number of ether oxygens (including phenoxy) is 4. The van der Waals surface area contributed by atoms with Gasteiger partial charge in [-0.3, -0.25) is 4.79 Å². The highest BCUT2D eigenvalue weighted by atomic mass is 16.5. The van der Waals surface area contributed by atoms with Crippen LogP contribution < -0.4 is 18.9 Å². The summed E-state index contributed by atoms with van der Waals surface area (Å²) in [5, 5.41) is 0. The summed E-state index contributed by atoms with van der Waals surface area (Å²) in [6, 6.07) is 22.0. The number of ketones is 1. The largest absolute Gasteiger partial charge is 0.494 e. The lowest BCUT2D eigenvalue weighted by atomic mass is 10.0. The van der Waals surface area contributed by atoms with Crippen molar-refractivity contribution in [3.8, 4) is 23.0 Å². The highest BCUT2D eigenvalue weighted by molar-refractivity contribution is 6.08. The molecule has 0 saturated carbocycles. The molecule has 5 heteroatoms. The Morgan fingerprint density at radius 1 is 0.667 bits per heavy atom. The minimum atomic E-state index is 0.00562. The van der Waals surface area contributed by atoms with Crippen LogP contribution in [0.2, 0.25) is 0 Å². The number of hydrogen-bond donors (Lipinski definition) is 0. The Bertz CT molecular complexity index is 913. The second kappa shape index (κ2) is 10.9.